The van der Waals surface area contributed by atoms with Gasteiger partial charge in [-0.1, -0.05) is 42.5 Å². The largest absolute Gasteiger partial charge is 0.490 e. The molecule has 0 radical (unpaired) electrons. The van der Waals surface area contributed by atoms with Gasteiger partial charge >= 0.3 is 5.97 Å². The Morgan fingerprint density at radius 3 is 2.17 bits per heavy atom. The number of amides is 1. The van der Waals surface area contributed by atoms with Gasteiger partial charge in [0, 0.05) is 18.1 Å². The van der Waals surface area contributed by atoms with E-state index in [4.69, 9.17) is 14.2 Å². The third-order valence-corrected chi connectivity index (χ3v) is 7.37. The summed E-state index contributed by atoms with van der Waals surface area (Å²) in [5.74, 6) is 0.387. The summed E-state index contributed by atoms with van der Waals surface area (Å²) in [6.07, 6.45) is 0.135. The number of thiazole rings is 1. The Hall–Kier alpha value is -4.89. The van der Waals surface area contributed by atoms with Gasteiger partial charge in [0.25, 0.3) is 5.91 Å². The fourth-order valence-electron chi connectivity index (χ4n) is 4.27. The predicted molar refractivity (Wildman–Crippen MR) is 162 cm³/mol. The fourth-order valence-corrected chi connectivity index (χ4v) is 5.08. The van der Waals surface area contributed by atoms with Crippen molar-refractivity contribution in [1.82, 2.24) is 10.3 Å². The number of carbonyl (C=O) groups excluding carboxylic acids is 1. The van der Waals surface area contributed by atoms with Gasteiger partial charge in [-0.3, -0.25) is 4.79 Å². The van der Waals surface area contributed by atoms with Gasteiger partial charge in [0.15, 0.2) is 0 Å². The molecule has 0 fully saturated rings. The maximum atomic E-state index is 12.8. The van der Waals surface area contributed by atoms with Crippen molar-refractivity contribution in [3.8, 4) is 17.2 Å². The van der Waals surface area contributed by atoms with Crippen LogP contribution in [0.15, 0.2) is 97.1 Å². The van der Waals surface area contributed by atoms with E-state index >= 15 is 0 Å². The second-order valence-electron chi connectivity index (χ2n) is 9.57. The van der Waals surface area contributed by atoms with Crippen molar-refractivity contribution in [2.24, 2.45) is 0 Å². The molecule has 9 heteroatoms. The number of carboxylic acid groups (broad SMARTS) is 1. The highest BCUT2D eigenvalue weighted by Crippen LogP contribution is 2.25. The first-order chi connectivity index (χ1) is 20.4. The molecule has 0 aliphatic rings. The normalized spacial score (nSPS) is 11.5. The average Bonchev–Trinajstić information content (AvgIpc) is 3.38. The van der Waals surface area contributed by atoms with Crippen LogP contribution in [0.2, 0.25) is 0 Å². The third kappa shape index (κ3) is 7.86. The van der Waals surface area contributed by atoms with Gasteiger partial charge in [0.1, 0.15) is 43.1 Å². The Kier molecular flexibility index (Phi) is 9.30. The van der Waals surface area contributed by atoms with E-state index in [0.717, 1.165) is 32.1 Å². The summed E-state index contributed by atoms with van der Waals surface area (Å²) in [5.41, 5.74) is 3.07. The maximum absolute atomic E-state index is 12.8. The minimum Gasteiger partial charge on any atom is -0.490 e. The van der Waals surface area contributed by atoms with Crippen molar-refractivity contribution in [1.29, 1.82) is 0 Å². The molecule has 1 heterocycles. The Morgan fingerprint density at radius 2 is 1.45 bits per heavy atom. The van der Waals surface area contributed by atoms with E-state index in [9.17, 15) is 14.7 Å². The lowest BCUT2D eigenvalue weighted by atomic mass is 10.1. The SMILES string of the molecule is Cc1nc2cc(OCCOc3ccc(C(=O)N[C@@H](Cc4ccc(OCc5ccccc5)cc4)C(=O)O)cc3)ccc2s1. The van der Waals surface area contributed by atoms with Crippen LogP contribution in [0.3, 0.4) is 0 Å². The summed E-state index contributed by atoms with van der Waals surface area (Å²) in [5, 5.41) is 13.3. The number of aliphatic carboxylic acids is 1. The molecule has 0 unspecified atom stereocenters. The van der Waals surface area contributed by atoms with Crippen LogP contribution in [0, 0.1) is 6.92 Å². The average molecular weight is 583 g/mol. The zero-order chi connectivity index (χ0) is 29.3. The summed E-state index contributed by atoms with van der Waals surface area (Å²) >= 11 is 1.64. The number of benzene rings is 4. The minimum atomic E-state index is -1.11. The Balaban J connectivity index is 1.08. The van der Waals surface area contributed by atoms with E-state index in [1.54, 1.807) is 59.9 Å². The second kappa shape index (κ2) is 13.6. The van der Waals surface area contributed by atoms with E-state index in [2.05, 4.69) is 10.3 Å². The Morgan fingerprint density at radius 1 is 0.810 bits per heavy atom. The van der Waals surface area contributed by atoms with Gasteiger partial charge in [-0.25, -0.2) is 9.78 Å². The fraction of sp³-hybridized carbons (Fsp3) is 0.182. The highest BCUT2D eigenvalue weighted by Gasteiger charge is 2.21. The molecular weight excluding hydrogens is 552 g/mol. The molecule has 4 aromatic carbocycles. The van der Waals surface area contributed by atoms with Crippen molar-refractivity contribution in [3.63, 3.8) is 0 Å². The lowest BCUT2D eigenvalue weighted by molar-refractivity contribution is -0.139. The molecule has 214 valence electrons. The smallest absolute Gasteiger partial charge is 0.326 e. The lowest BCUT2D eigenvalue weighted by Crippen LogP contribution is -2.42. The van der Waals surface area contributed by atoms with E-state index < -0.39 is 17.9 Å². The Labute approximate surface area is 247 Å². The van der Waals surface area contributed by atoms with Crippen LogP contribution in [0.25, 0.3) is 10.2 Å². The number of ether oxygens (including phenoxy) is 3. The molecule has 1 aromatic heterocycles. The maximum Gasteiger partial charge on any atom is 0.326 e. The van der Waals surface area contributed by atoms with Crippen molar-refractivity contribution >= 4 is 33.4 Å². The van der Waals surface area contributed by atoms with Crippen LogP contribution in [-0.2, 0) is 17.8 Å². The van der Waals surface area contributed by atoms with Crippen molar-refractivity contribution < 1.29 is 28.9 Å². The second-order valence-corrected chi connectivity index (χ2v) is 10.8. The highest BCUT2D eigenvalue weighted by atomic mass is 32.1. The summed E-state index contributed by atoms with van der Waals surface area (Å²) in [6, 6.07) is 28.3. The summed E-state index contributed by atoms with van der Waals surface area (Å²) in [6.45, 7) is 3.08. The van der Waals surface area contributed by atoms with Crippen LogP contribution in [0.1, 0.15) is 26.5 Å². The summed E-state index contributed by atoms with van der Waals surface area (Å²) < 4.78 is 18.4. The van der Waals surface area contributed by atoms with Crippen LogP contribution in [0.4, 0.5) is 0 Å². The number of fused-ring (bicyclic) bond motifs is 1. The molecule has 0 spiro atoms. The molecule has 5 rings (SSSR count). The van der Waals surface area contributed by atoms with Gasteiger partial charge < -0.3 is 24.6 Å². The number of carboxylic acids is 1. The molecule has 0 saturated heterocycles. The summed E-state index contributed by atoms with van der Waals surface area (Å²) in [4.78, 5) is 29.2. The molecule has 0 saturated carbocycles. The molecule has 5 aromatic rings. The molecule has 1 amide bonds. The predicted octanol–water partition coefficient (Wildman–Crippen LogP) is 6.07. The number of nitrogens with zero attached hydrogens (tertiary/aromatic N) is 1. The molecule has 1 atom stereocenters. The number of nitrogens with one attached hydrogen (secondary N) is 1. The summed E-state index contributed by atoms with van der Waals surface area (Å²) in [7, 11) is 0. The third-order valence-electron chi connectivity index (χ3n) is 6.42. The van der Waals surface area contributed by atoms with Gasteiger partial charge in [0.2, 0.25) is 0 Å². The highest BCUT2D eigenvalue weighted by molar-refractivity contribution is 7.18. The zero-order valence-corrected chi connectivity index (χ0v) is 23.8. The van der Waals surface area contributed by atoms with Crippen LogP contribution >= 0.6 is 11.3 Å². The number of aryl methyl sites for hydroxylation is 1. The molecule has 0 bridgehead atoms. The van der Waals surface area contributed by atoms with Crippen molar-refractivity contribution in [2.75, 3.05) is 13.2 Å². The number of hydrogen-bond donors (Lipinski definition) is 2. The molecule has 42 heavy (non-hydrogen) atoms. The van der Waals surface area contributed by atoms with E-state index in [1.165, 1.54) is 0 Å². The molecule has 2 N–H and O–H groups in total. The standard InChI is InChI=1S/C33H30N2O6S/c1-22-34-29-20-28(15-16-31(29)42-22)40-18-17-39-26-13-9-25(10-14-26)32(36)35-30(33(37)38)19-23-7-11-27(12-8-23)41-21-24-5-3-2-4-6-24/h2-16,20,30H,17-19,21H2,1H3,(H,35,36)(H,37,38)/t30-/m0/s1. The van der Waals surface area contributed by atoms with Gasteiger partial charge in [-0.2, -0.15) is 0 Å². The quantitative estimate of drug-likeness (QED) is 0.162. The lowest BCUT2D eigenvalue weighted by Gasteiger charge is -2.15. The topological polar surface area (TPSA) is 107 Å². The molecule has 0 aliphatic carbocycles. The van der Waals surface area contributed by atoms with Crippen molar-refractivity contribution in [2.45, 2.75) is 26.0 Å². The van der Waals surface area contributed by atoms with Gasteiger partial charge in [0.05, 0.1) is 15.2 Å². The number of carbonyl (C=O) groups is 2. The Bertz CT molecular complexity index is 1640. The molecular formula is C33H30N2O6S. The monoisotopic (exact) mass is 582 g/mol. The van der Waals surface area contributed by atoms with Gasteiger partial charge in [-0.05, 0) is 66.6 Å². The molecule has 0 aliphatic heterocycles. The van der Waals surface area contributed by atoms with E-state index in [0.29, 0.717) is 36.9 Å². The van der Waals surface area contributed by atoms with Crippen molar-refractivity contribution in [3.05, 3.63) is 119 Å². The van der Waals surface area contributed by atoms with Gasteiger partial charge in [-0.15, -0.1) is 11.3 Å². The first kappa shape index (κ1) is 28.6. The van der Waals surface area contributed by atoms with Crippen LogP contribution in [-0.4, -0.2) is 41.2 Å². The minimum absolute atomic E-state index is 0.135. The number of aromatic nitrogens is 1. The molecule has 8 nitrogen and oxygen atoms in total. The number of rotatable bonds is 13. The van der Waals surface area contributed by atoms with E-state index in [-0.39, 0.29) is 6.42 Å². The zero-order valence-electron chi connectivity index (χ0n) is 23.0. The first-order valence-electron chi connectivity index (χ1n) is 13.4. The van der Waals surface area contributed by atoms with Crippen LogP contribution < -0.4 is 19.5 Å². The number of hydrogen-bond acceptors (Lipinski definition) is 7. The first-order valence-corrected chi connectivity index (χ1v) is 14.3. The van der Waals surface area contributed by atoms with E-state index in [1.807, 2.05) is 55.5 Å². The van der Waals surface area contributed by atoms with Crippen LogP contribution in [0.5, 0.6) is 17.2 Å².